The lowest BCUT2D eigenvalue weighted by atomic mass is 10.1. The summed E-state index contributed by atoms with van der Waals surface area (Å²) in [4.78, 5) is 11.3. The lowest BCUT2D eigenvalue weighted by Gasteiger charge is -2.02. The maximum atomic E-state index is 11.3. The third kappa shape index (κ3) is 1.09. The van der Waals surface area contributed by atoms with Gasteiger partial charge < -0.3 is 5.73 Å². The summed E-state index contributed by atoms with van der Waals surface area (Å²) in [5.41, 5.74) is 7.51. The molecule has 2 rings (SSSR count). The number of rotatable bonds is 0. The molecule has 0 unspecified atom stereocenters. The minimum Gasteiger partial charge on any atom is -0.324 e. The first kappa shape index (κ1) is 7.95. The van der Waals surface area contributed by atoms with E-state index in [1.165, 1.54) is 0 Å². The van der Waals surface area contributed by atoms with Crippen molar-refractivity contribution in [3.8, 4) is 0 Å². The molecule has 0 saturated carbocycles. The van der Waals surface area contributed by atoms with E-state index >= 15 is 0 Å². The Labute approximate surface area is 78.9 Å². The first-order valence-electron chi connectivity index (χ1n) is 3.76. The summed E-state index contributed by atoms with van der Waals surface area (Å²) in [6.45, 7) is 0. The molecular weight excluding hydrogens is 218 g/mol. The molecule has 0 radical (unpaired) electrons. The Morgan fingerprint density at radius 1 is 1.50 bits per heavy atom. The summed E-state index contributed by atoms with van der Waals surface area (Å²) in [5.74, 6) is 0.157. The summed E-state index contributed by atoms with van der Waals surface area (Å²) < 4.78 is 0.978. The van der Waals surface area contributed by atoms with Crippen molar-refractivity contribution >= 4 is 21.7 Å². The van der Waals surface area contributed by atoms with Crippen LogP contribution in [0.1, 0.15) is 28.4 Å². The van der Waals surface area contributed by atoms with Gasteiger partial charge in [-0.1, -0.05) is 15.9 Å². The minimum absolute atomic E-state index is 0.106. The molecule has 62 valence electrons. The molecule has 0 heterocycles. The molecule has 1 aliphatic carbocycles. The summed E-state index contributed by atoms with van der Waals surface area (Å²) in [7, 11) is 0. The first-order valence-corrected chi connectivity index (χ1v) is 4.56. The van der Waals surface area contributed by atoms with Gasteiger partial charge in [0.05, 0.1) is 0 Å². The van der Waals surface area contributed by atoms with Gasteiger partial charge in [-0.15, -0.1) is 0 Å². The molecule has 0 aliphatic heterocycles. The fraction of sp³-hybridized carbons (Fsp3) is 0.222. The number of nitrogens with two attached hydrogens (primary N) is 1. The van der Waals surface area contributed by atoms with E-state index in [2.05, 4.69) is 15.9 Å². The topological polar surface area (TPSA) is 43.1 Å². The molecule has 1 aromatic carbocycles. The Morgan fingerprint density at radius 2 is 2.25 bits per heavy atom. The molecule has 12 heavy (non-hydrogen) atoms. The average Bonchev–Trinajstić information content (AvgIpc) is 2.28. The van der Waals surface area contributed by atoms with Gasteiger partial charge in [-0.05, 0) is 23.8 Å². The first-order chi connectivity index (χ1) is 5.68. The molecule has 2 nitrogen and oxygen atoms in total. The smallest absolute Gasteiger partial charge is 0.165 e. The predicted octanol–water partition coefficient (Wildman–Crippen LogP) is 2.04. The second kappa shape index (κ2) is 2.68. The molecule has 1 aromatic rings. The molecule has 1 atom stereocenters. The van der Waals surface area contributed by atoms with Crippen LogP contribution in [0.15, 0.2) is 22.7 Å². The predicted molar refractivity (Wildman–Crippen MR) is 50.0 cm³/mol. The zero-order chi connectivity index (χ0) is 8.72. The zero-order valence-corrected chi connectivity index (χ0v) is 7.97. The van der Waals surface area contributed by atoms with Crippen LogP contribution in [0.25, 0.3) is 0 Å². The lowest BCUT2D eigenvalue weighted by Crippen LogP contribution is -2.05. The van der Waals surface area contributed by atoms with Gasteiger partial charge >= 0.3 is 0 Å². The van der Waals surface area contributed by atoms with Crippen LogP contribution in [0.4, 0.5) is 0 Å². The Balaban J connectivity index is 2.60. The number of ketones is 1. The van der Waals surface area contributed by atoms with Gasteiger partial charge in [0.2, 0.25) is 0 Å². The largest absolute Gasteiger partial charge is 0.324 e. The number of halogens is 1. The van der Waals surface area contributed by atoms with Gasteiger partial charge in [0.25, 0.3) is 0 Å². The van der Waals surface area contributed by atoms with Crippen LogP contribution in [-0.2, 0) is 0 Å². The standard InChI is InChI=1S/C9H8BrNO/c10-5-1-2-6-7(3-5)8(11)4-9(6)12/h1-3,8H,4,11H2/t8-/m1/s1. The summed E-state index contributed by atoms with van der Waals surface area (Å²) >= 11 is 3.35. The van der Waals surface area contributed by atoms with E-state index in [1.54, 1.807) is 0 Å². The number of carbonyl (C=O) groups excluding carboxylic acids is 1. The second-order valence-electron chi connectivity index (χ2n) is 2.97. The van der Waals surface area contributed by atoms with E-state index in [0.29, 0.717) is 6.42 Å². The van der Waals surface area contributed by atoms with Crippen LogP contribution in [0, 0.1) is 0 Å². The Kier molecular flexibility index (Phi) is 1.77. The van der Waals surface area contributed by atoms with Crippen LogP contribution in [0.3, 0.4) is 0 Å². The molecule has 0 bridgehead atoms. The molecule has 0 amide bonds. The second-order valence-corrected chi connectivity index (χ2v) is 3.88. The van der Waals surface area contributed by atoms with Crippen molar-refractivity contribution in [3.05, 3.63) is 33.8 Å². The number of carbonyl (C=O) groups is 1. The van der Waals surface area contributed by atoms with Crippen molar-refractivity contribution in [1.82, 2.24) is 0 Å². The van der Waals surface area contributed by atoms with Gasteiger partial charge in [-0.3, -0.25) is 4.79 Å². The molecule has 2 N–H and O–H groups in total. The highest BCUT2D eigenvalue weighted by Gasteiger charge is 2.26. The van der Waals surface area contributed by atoms with E-state index in [9.17, 15) is 4.79 Å². The minimum atomic E-state index is -0.106. The molecule has 0 fully saturated rings. The highest BCUT2D eigenvalue weighted by Crippen LogP contribution is 2.31. The maximum Gasteiger partial charge on any atom is 0.165 e. The van der Waals surface area contributed by atoms with Crippen molar-refractivity contribution in [2.45, 2.75) is 12.5 Å². The van der Waals surface area contributed by atoms with Gasteiger partial charge in [0, 0.05) is 22.5 Å². The molecule has 0 aromatic heterocycles. The fourth-order valence-electron chi connectivity index (χ4n) is 1.51. The van der Waals surface area contributed by atoms with E-state index in [0.717, 1.165) is 15.6 Å². The van der Waals surface area contributed by atoms with Crippen molar-refractivity contribution in [1.29, 1.82) is 0 Å². The third-order valence-electron chi connectivity index (χ3n) is 2.12. The van der Waals surface area contributed by atoms with Crippen LogP contribution in [0.5, 0.6) is 0 Å². The summed E-state index contributed by atoms with van der Waals surface area (Å²) in [6, 6.07) is 5.51. The fourth-order valence-corrected chi connectivity index (χ4v) is 1.89. The van der Waals surface area contributed by atoms with Gasteiger partial charge in [-0.2, -0.15) is 0 Å². The summed E-state index contributed by atoms with van der Waals surface area (Å²) in [5, 5.41) is 0. The highest BCUT2D eigenvalue weighted by molar-refractivity contribution is 9.10. The van der Waals surface area contributed by atoms with E-state index < -0.39 is 0 Å². The SMILES string of the molecule is N[C@@H]1CC(=O)c2ccc(Br)cc21. The lowest BCUT2D eigenvalue weighted by molar-refractivity contribution is 0.0989. The van der Waals surface area contributed by atoms with E-state index in [-0.39, 0.29) is 11.8 Å². The normalized spacial score (nSPS) is 21.2. The van der Waals surface area contributed by atoms with Crippen molar-refractivity contribution in [3.63, 3.8) is 0 Å². The number of hydrogen-bond acceptors (Lipinski definition) is 2. The van der Waals surface area contributed by atoms with Gasteiger partial charge in [0.15, 0.2) is 5.78 Å². The number of hydrogen-bond donors (Lipinski definition) is 1. The Bertz CT molecular complexity index is 348. The number of Topliss-reactive ketones (excluding diaryl/α,β-unsaturated/α-hetero) is 1. The molecule has 1 aliphatic rings. The van der Waals surface area contributed by atoms with Crippen molar-refractivity contribution < 1.29 is 4.79 Å². The zero-order valence-electron chi connectivity index (χ0n) is 6.38. The van der Waals surface area contributed by atoms with Crippen LogP contribution in [-0.4, -0.2) is 5.78 Å². The van der Waals surface area contributed by atoms with Crippen molar-refractivity contribution in [2.24, 2.45) is 5.73 Å². The third-order valence-corrected chi connectivity index (χ3v) is 2.61. The maximum absolute atomic E-state index is 11.3. The van der Waals surface area contributed by atoms with Crippen LogP contribution >= 0.6 is 15.9 Å². The number of fused-ring (bicyclic) bond motifs is 1. The van der Waals surface area contributed by atoms with Gasteiger partial charge in [0.1, 0.15) is 0 Å². The highest BCUT2D eigenvalue weighted by atomic mass is 79.9. The van der Waals surface area contributed by atoms with Gasteiger partial charge in [-0.25, -0.2) is 0 Å². The van der Waals surface area contributed by atoms with Crippen LogP contribution < -0.4 is 5.73 Å². The van der Waals surface area contributed by atoms with E-state index in [1.807, 2.05) is 18.2 Å². The molecule has 3 heteroatoms. The number of benzene rings is 1. The molecule has 0 saturated heterocycles. The Hall–Kier alpha value is -0.670. The van der Waals surface area contributed by atoms with E-state index in [4.69, 9.17) is 5.73 Å². The summed E-state index contributed by atoms with van der Waals surface area (Å²) in [6.07, 6.45) is 0.450. The average molecular weight is 226 g/mol. The quantitative estimate of drug-likeness (QED) is 0.735. The van der Waals surface area contributed by atoms with Crippen molar-refractivity contribution in [2.75, 3.05) is 0 Å². The monoisotopic (exact) mass is 225 g/mol. The molecular formula is C9H8BrNO. The Morgan fingerprint density at radius 3 is 3.00 bits per heavy atom. The molecule has 0 spiro atoms. The van der Waals surface area contributed by atoms with Crippen LogP contribution in [0.2, 0.25) is 0 Å².